The van der Waals surface area contributed by atoms with E-state index in [2.05, 4.69) is 0 Å². The van der Waals surface area contributed by atoms with Gasteiger partial charge < -0.3 is 16.2 Å². The number of hydrogen-bond acceptors (Lipinski definition) is 3. The highest BCUT2D eigenvalue weighted by Gasteiger charge is 2.27. The zero-order chi connectivity index (χ0) is 11.5. The second-order valence-electron chi connectivity index (χ2n) is 3.52. The minimum atomic E-state index is -1.13. The number of rotatable bonds is 4. The Morgan fingerprint density at radius 1 is 1.40 bits per heavy atom. The lowest BCUT2D eigenvalue weighted by molar-refractivity contribution is -0.122. The van der Waals surface area contributed by atoms with Crippen molar-refractivity contribution >= 4 is 5.91 Å². The third-order valence-corrected chi connectivity index (χ3v) is 2.28. The van der Waals surface area contributed by atoms with E-state index in [4.69, 9.17) is 16.2 Å². The molecule has 1 unspecified atom stereocenters. The van der Waals surface area contributed by atoms with E-state index in [-0.39, 0.29) is 0 Å². The second kappa shape index (κ2) is 4.31. The summed E-state index contributed by atoms with van der Waals surface area (Å²) in [4.78, 5) is 11.1. The van der Waals surface area contributed by atoms with Gasteiger partial charge in [-0.2, -0.15) is 0 Å². The molecular formula is C11H16N2O2. The molecule has 0 saturated heterocycles. The summed E-state index contributed by atoms with van der Waals surface area (Å²) < 4.78 is 5.28. The molecule has 1 aromatic rings. The van der Waals surface area contributed by atoms with E-state index in [0.717, 1.165) is 5.75 Å². The Morgan fingerprint density at radius 3 is 2.33 bits per heavy atom. The van der Waals surface area contributed by atoms with Gasteiger partial charge in [0, 0.05) is 0 Å². The molecule has 0 radical (unpaired) electrons. The summed E-state index contributed by atoms with van der Waals surface area (Å²) in [5, 5.41) is 0. The molecule has 0 fully saturated rings. The smallest absolute Gasteiger partial charge is 0.241 e. The van der Waals surface area contributed by atoms with E-state index in [1.165, 1.54) is 0 Å². The van der Waals surface area contributed by atoms with Crippen LogP contribution in [0.5, 0.6) is 5.75 Å². The van der Waals surface area contributed by atoms with Crippen molar-refractivity contribution in [2.45, 2.75) is 19.4 Å². The number of nitrogens with two attached hydrogens (primary N) is 2. The molecule has 15 heavy (non-hydrogen) atoms. The first-order valence-electron chi connectivity index (χ1n) is 4.80. The largest absolute Gasteiger partial charge is 0.494 e. The molecule has 82 valence electrons. The van der Waals surface area contributed by atoms with Gasteiger partial charge in [-0.15, -0.1) is 0 Å². The first-order chi connectivity index (χ1) is 6.98. The fourth-order valence-electron chi connectivity index (χ4n) is 1.21. The summed E-state index contributed by atoms with van der Waals surface area (Å²) in [6, 6.07) is 7.03. The maximum atomic E-state index is 11.1. The van der Waals surface area contributed by atoms with Crippen LogP contribution < -0.4 is 16.2 Å². The van der Waals surface area contributed by atoms with Gasteiger partial charge in [0.1, 0.15) is 11.3 Å². The number of amides is 1. The van der Waals surface area contributed by atoms with Crippen LogP contribution in [0, 0.1) is 0 Å². The molecule has 0 spiro atoms. The van der Waals surface area contributed by atoms with Crippen molar-refractivity contribution in [1.29, 1.82) is 0 Å². The molecule has 1 atom stereocenters. The topological polar surface area (TPSA) is 78.3 Å². The summed E-state index contributed by atoms with van der Waals surface area (Å²) in [7, 11) is 0. The lowest BCUT2D eigenvalue weighted by atomic mass is 9.92. The van der Waals surface area contributed by atoms with E-state index >= 15 is 0 Å². The Bertz CT molecular complexity index is 344. The second-order valence-corrected chi connectivity index (χ2v) is 3.52. The number of carbonyl (C=O) groups is 1. The summed E-state index contributed by atoms with van der Waals surface area (Å²) in [6.07, 6.45) is 0. The molecule has 0 aliphatic heterocycles. The van der Waals surface area contributed by atoms with E-state index in [1.807, 2.05) is 6.92 Å². The Labute approximate surface area is 89.2 Å². The van der Waals surface area contributed by atoms with Crippen LogP contribution in [0.2, 0.25) is 0 Å². The van der Waals surface area contributed by atoms with Crippen LogP contribution in [-0.4, -0.2) is 12.5 Å². The number of benzene rings is 1. The fraction of sp³-hybridized carbons (Fsp3) is 0.364. The average Bonchev–Trinajstić information content (AvgIpc) is 2.19. The molecular weight excluding hydrogens is 192 g/mol. The molecule has 0 aliphatic rings. The quantitative estimate of drug-likeness (QED) is 0.766. The number of hydrogen-bond donors (Lipinski definition) is 2. The summed E-state index contributed by atoms with van der Waals surface area (Å²) in [5.41, 5.74) is 10.5. The van der Waals surface area contributed by atoms with Gasteiger partial charge in [0.25, 0.3) is 0 Å². The van der Waals surface area contributed by atoms with Gasteiger partial charge in [-0.25, -0.2) is 0 Å². The van der Waals surface area contributed by atoms with Crippen LogP contribution in [0.25, 0.3) is 0 Å². The molecule has 0 aliphatic carbocycles. The maximum Gasteiger partial charge on any atom is 0.241 e. The van der Waals surface area contributed by atoms with Crippen molar-refractivity contribution < 1.29 is 9.53 Å². The van der Waals surface area contributed by atoms with Crippen molar-refractivity contribution in [3.05, 3.63) is 29.8 Å². The van der Waals surface area contributed by atoms with Crippen LogP contribution >= 0.6 is 0 Å². The minimum Gasteiger partial charge on any atom is -0.494 e. The van der Waals surface area contributed by atoms with Crippen molar-refractivity contribution in [3.8, 4) is 5.75 Å². The molecule has 1 rings (SSSR count). The van der Waals surface area contributed by atoms with Crippen molar-refractivity contribution in [2.75, 3.05) is 6.61 Å². The molecule has 4 heteroatoms. The monoisotopic (exact) mass is 208 g/mol. The first kappa shape index (κ1) is 11.5. The van der Waals surface area contributed by atoms with E-state index in [9.17, 15) is 4.79 Å². The van der Waals surface area contributed by atoms with Crippen LogP contribution in [0.3, 0.4) is 0 Å². The predicted octanol–water partition coefficient (Wildman–Crippen LogP) is 0.744. The zero-order valence-electron chi connectivity index (χ0n) is 8.99. The van der Waals surface area contributed by atoms with Crippen LogP contribution in [0.1, 0.15) is 19.4 Å². The highest BCUT2D eigenvalue weighted by atomic mass is 16.5. The predicted molar refractivity (Wildman–Crippen MR) is 58.3 cm³/mol. The van der Waals surface area contributed by atoms with Gasteiger partial charge in [-0.1, -0.05) is 12.1 Å². The van der Waals surface area contributed by atoms with Gasteiger partial charge in [-0.05, 0) is 31.5 Å². The van der Waals surface area contributed by atoms with Gasteiger partial charge in [-0.3, -0.25) is 4.79 Å². The fourth-order valence-corrected chi connectivity index (χ4v) is 1.21. The average molecular weight is 208 g/mol. The Morgan fingerprint density at radius 2 is 1.93 bits per heavy atom. The van der Waals surface area contributed by atoms with Gasteiger partial charge in [0.15, 0.2) is 0 Å². The van der Waals surface area contributed by atoms with Crippen LogP contribution in [-0.2, 0) is 10.3 Å². The van der Waals surface area contributed by atoms with E-state index in [1.54, 1.807) is 31.2 Å². The molecule has 0 saturated carbocycles. The Kier molecular flexibility index (Phi) is 3.31. The summed E-state index contributed by atoms with van der Waals surface area (Å²) in [5.74, 6) is 0.202. The van der Waals surface area contributed by atoms with Gasteiger partial charge in [0.2, 0.25) is 5.91 Å². The number of primary amides is 1. The number of carbonyl (C=O) groups excluding carboxylic acids is 1. The molecule has 1 amide bonds. The zero-order valence-corrected chi connectivity index (χ0v) is 8.99. The molecule has 0 heterocycles. The first-order valence-corrected chi connectivity index (χ1v) is 4.80. The Hall–Kier alpha value is -1.55. The summed E-state index contributed by atoms with van der Waals surface area (Å²) >= 11 is 0. The highest BCUT2D eigenvalue weighted by Crippen LogP contribution is 2.20. The normalized spacial score (nSPS) is 14.3. The van der Waals surface area contributed by atoms with E-state index in [0.29, 0.717) is 12.2 Å². The van der Waals surface area contributed by atoms with Crippen molar-refractivity contribution in [3.63, 3.8) is 0 Å². The van der Waals surface area contributed by atoms with E-state index < -0.39 is 11.4 Å². The molecule has 0 bridgehead atoms. The molecule has 0 aromatic heterocycles. The van der Waals surface area contributed by atoms with Crippen LogP contribution in [0.4, 0.5) is 0 Å². The minimum absolute atomic E-state index is 0.549. The van der Waals surface area contributed by atoms with Gasteiger partial charge >= 0.3 is 0 Å². The van der Waals surface area contributed by atoms with Crippen molar-refractivity contribution in [2.24, 2.45) is 11.5 Å². The summed E-state index contributed by atoms with van der Waals surface area (Å²) in [6.45, 7) is 4.10. The maximum absolute atomic E-state index is 11.1. The third-order valence-electron chi connectivity index (χ3n) is 2.28. The molecule has 1 aromatic carbocycles. The molecule has 4 nitrogen and oxygen atoms in total. The third kappa shape index (κ3) is 2.47. The SMILES string of the molecule is CCOc1ccc(C(C)(N)C(N)=O)cc1. The lowest BCUT2D eigenvalue weighted by Crippen LogP contribution is -2.46. The lowest BCUT2D eigenvalue weighted by Gasteiger charge is -2.21. The van der Waals surface area contributed by atoms with Gasteiger partial charge in [0.05, 0.1) is 6.61 Å². The standard InChI is InChI=1S/C11H16N2O2/c1-3-15-9-6-4-8(5-7-9)11(2,13)10(12)14/h4-7H,3,13H2,1-2H3,(H2,12,14). The Balaban J connectivity index is 2.93. The van der Waals surface area contributed by atoms with Crippen molar-refractivity contribution in [1.82, 2.24) is 0 Å². The number of ether oxygens (including phenoxy) is 1. The highest BCUT2D eigenvalue weighted by molar-refractivity contribution is 5.85. The van der Waals surface area contributed by atoms with Crippen LogP contribution in [0.15, 0.2) is 24.3 Å². The molecule has 4 N–H and O–H groups in total.